The molecule has 0 unspecified atom stereocenters. The van der Waals surface area contributed by atoms with Gasteiger partial charge in [-0.1, -0.05) is 32.0 Å². The third-order valence-corrected chi connectivity index (χ3v) is 3.59. The van der Waals surface area contributed by atoms with E-state index in [1.807, 2.05) is 13.8 Å². The summed E-state index contributed by atoms with van der Waals surface area (Å²) in [6.45, 7) is 4.31. The minimum atomic E-state index is -0.478. The van der Waals surface area contributed by atoms with Crippen LogP contribution in [0.5, 0.6) is 0 Å². The molecule has 0 fully saturated rings. The first-order valence-corrected chi connectivity index (χ1v) is 6.69. The number of nitro groups is 1. The van der Waals surface area contributed by atoms with E-state index in [0.717, 1.165) is 12.8 Å². The van der Waals surface area contributed by atoms with Crippen molar-refractivity contribution in [2.75, 3.05) is 6.54 Å². The van der Waals surface area contributed by atoms with Crippen LogP contribution in [-0.4, -0.2) is 22.9 Å². The van der Waals surface area contributed by atoms with Gasteiger partial charge in [-0.05, 0) is 12.8 Å². The first-order valence-electron chi connectivity index (χ1n) is 6.69. The summed E-state index contributed by atoms with van der Waals surface area (Å²) in [5.41, 5.74) is 6.05. The van der Waals surface area contributed by atoms with Crippen LogP contribution in [0.25, 0.3) is 0 Å². The molecule has 0 spiro atoms. The molecule has 0 atom stereocenters. The molecular weight excluding hydrogens is 294 g/mol. The van der Waals surface area contributed by atoms with Crippen molar-refractivity contribution in [3.63, 3.8) is 0 Å². The molecule has 0 aromatic heterocycles. The van der Waals surface area contributed by atoms with E-state index < -0.39 is 10.5 Å². The lowest BCUT2D eigenvalue weighted by atomic mass is 9.94. The maximum Gasteiger partial charge on any atom is 0.273 e. The third kappa shape index (κ3) is 5.69. The Morgan fingerprint density at radius 1 is 1.33 bits per heavy atom. The van der Waals surface area contributed by atoms with Crippen LogP contribution in [0.1, 0.15) is 32.3 Å². The van der Waals surface area contributed by atoms with Crippen molar-refractivity contribution >= 4 is 24.0 Å². The number of nitrogens with two attached hydrogens (primary N) is 1. The van der Waals surface area contributed by atoms with Gasteiger partial charge in [0.2, 0.25) is 5.91 Å². The summed E-state index contributed by atoms with van der Waals surface area (Å²) in [5.74, 6) is -0.254. The Morgan fingerprint density at radius 3 is 2.43 bits per heavy atom. The number of benzene rings is 1. The molecule has 7 heteroatoms. The van der Waals surface area contributed by atoms with Gasteiger partial charge in [0, 0.05) is 23.7 Å². The van der Waals surface area contributed by atoms with Gasteiger partial charge >= 0.3 is 0 Å². The fourth-order valence-corrected chi connectivity index (χ4v) is 1.85. The number of halogens is 1. The van der Waals surface area contributed by atoms with Crippen molar-refractivity contribution in [2.45, 2.75) is 38.6 Å². The monoisotopic (exact) mass is 315 g/mol. The number of nitrogens with zero attached hydrogens (tertiary/aromatic N) is 1. The van der Waals surface area contributed by atoms with Crippen LogP contribution in [-0.2, 0) is 11.2 Å². The first kappa shape index (κ1) is 19.3. The van der Waals surface area contributed by atoms with Crippen LogP contribution >= 0.6 is 12.4 Å². The Balaban J connectivity index is 0.00000400. The van der Waals surface area contributed by atoms with E-state index in [9.17, 15) is 14.9 Å². The quantitative estimate of drug-likeness (QED) is 0.595. The van der Waals surface area contributed by atoms with Gasteiger partial charge in [-0.15, -0.1) is 12.4 Å². The summed E-state index contributed by atoms with van der Waals surface area (Å²) in [4.78, 5) is 22.3. The third-order valence-electron chi connectivity index (χ3n) is 3.59. The summed E-state index contributed by atoms with van der Waals surface area (Å²) in [6, 6.07) is 6.25. The molecule has 0 saturated heterocycles. The van der Waals surface area contributed by atoms with Crippen molar-refractivity contribution in [3.8, 4) is 0 Å². The molecule has 1 rings (SSSR count). The van der Waals surface area contributed by atoms with Crippen molar-refractivity contribution < 1.29 is 9.72 Å². The highest BCUT2D eigenvalue weighted by Gasteiger charge is 2.22. The minimum absolute atomic E-state index is 0. The largest absolute Gasteiger partial charge is 0.354 e. The number of nitrogens with one attached hydrogen (secondary N) is 1. The molecule has 0 radical (unpaired) electrons. The lowest BCUT2D eigenvalue weighted by Gasteiger charge is -2.26. The van der Waals surface area contributed by atoms with Crippen LogP contribution < -0.4 is 11.1 Å². The number of rotatable bonds is 7. The molecule has 118 valence electrons. The highest BCUT2D eigenvalue weighted by molar-refractivity contribution is 5.85. The molecule has 0 aliphatic heterocycles. The van der Waals surface area contributed by atoms with Crippen LogP contribution in [0.15, 0.2) is 24.3 Å². The standard InChI is InChI=1S/C14H21N3O3.ClH/c1-3-14(15,4-2)10-16-13(18)9-11-7-5-6-8-12(11)17(19)20;/h5-8H,3-4,9-10,15H2,1-2H3,(H,16,18);1H. The number of carbonyl (C=O) groups excluding carboxylic acids is 1. The SMILES string of the molecule is CCC(N)(CC)CNC(=O)Cc1ccccc1[N+](=O)[O-].Cl. The van der Waals surface area contributed by atoms with Gasteiger partial charge in [0.05, 0.1) is 11.3 Å². The Hall–Kier alpha value is -1.66. The summed E-state index contributed by atoms with van der Waals surface area (Å²) < 4.78 is 0. The maximum atomic E-state index is 11.9. The van der Waals surface area contributed by atoms with E-state index in [1.54, 1.807) is 18.2 Å². The summed E-state index contributed by atoms with van der Waals surface area (Å²) in [6.07, 6.45) is 1.51. The van der Waals surface area contributed by atoms with Crippen molar-refractivity contribution in [3.05, 3.63) is 39.9 Å². The Morgan fingerprint density at radius 2 is 1.90 bits per heavy atom. The van der Waals surface area contributed by atoms with Crippen LogP contribution in [0.4, 0.5) is 5.69 Å². The molecule has 1 amide bonds. The topological polar surface area (TPSA) is 98.3 Å². The van der Waals surface area contributed by atoms with Gasteiger partial charge in [0.1, 0.15) is 0 Å². The number of carbonyl (C=O) groups is 1. The first-order chi connectivity index (χ1) is 9.41. The minimum Gasteiger partial charge on any atom is -0.354 e. The number of hydrogen-bond acceptors (Lipinski definition) is 4. The summed E-state index contributed by atoms with van der Waals surface area (Å²) >= 11 is 0. The van der Waals surface area contributed by atoms with E-state index in [0.29, 0.717) is 12.1 Å². The van der Waals surface area contributed by atoms with Gasteiger partial charge in [-0.2, -0.15) is 0 Å². The second-order valence-electron chi connectivity index (χ2n) is 4.91. The molecule has 1 aromatic carbocycles. The molecule has 0 aliphatic rings. The normalized spacial score (nSPS) is 10.6. The van der Waals surface area contributed by atoms with Crippen molar-refractivity contribution in [1.82, 2.24) is 5.32 Å². The van der Waals surface area contributed by atoms with Crippen molar-refractivity contribution in [2.24, 2.45) is 5.73 Å². The van der Waals surface area contributed by atoms with Crippen LogP contribution in [0, 0.1) is 10.1 Å². The van der Waals surface area contributed by atoms with E-state index in [1.165, 1.54) is 6.07 Å². The molecule has 6 nitrogen and oxygen atoms in total. The van der Waals surface area contributed by atoms with Gasteiger partial charge in [0.25, 0.3) is 5.69 Å². The molecular formula is C14H22ClN3O3. The van der Waals surface area contributed by atoms with Crippen molar-refractivity contribution in [1.29, 1.82) is 0 Å². The summed E-state index contributed by atoms with van der Waals surface area (Å²) in [5, 5.41) is 13.6. The smallest absolute Gasteiger partial charge is 0.273 e. The van der Waals surface area contributed by atoms with E-state index >= 15 is 0 Å². The maximum absolute atomic E-state index is 11.9. The highest BCUT2D eigenvalue weighted by atomic mass is 35.5. The fraction of sp³-hybridized carbons (Fsp3) is 0.500. The fourth-order valence-electron chi connectivity index (χ4n) is 1.85. The number of amides is 1. The lowest BCUT2D eigenvalue weighted by Crippen LogP contribution is -2.49. The Bertz CT molecular complexity index is 490. The molecule has 3 N–H and O–H groups in total. The molecule has 21 heavy (non-hydrogen) atoms. The molecule has 0 saturated carbocycles. The van der Waals surface area contributed by atoms with Gasteiger partial charge in [-0.25, -0.2) is 0 Å². The number of para-hydroxylation sites is 1. The second kappa shape index (κ2) is 8.59. The zero-order valence-corrected chi connectivity index (χ0v) is 13.1. The average molecular weight is 316 g/mol. The van der Waals surface area contributed by atoms with Gasteiger partial charge in [0.15, 0.2) is 0 Å². The van der Waals surface area contributed by atoms with Crippen LogP contribution in [0.3, 0.4) is 0 Å². The Labute approximate surface area is 130 Å². The van der Waals surface area contributed by atoms with E-state index in [-0.39, 0.29) is 30.4 Å². The second-order valence-corrected chi connectivity index (χ2v) is 4.91. The van der Waals surface area contributed by atoms with E-state index in [2.05, 4.69) is 5.32 Å². The zero-order valence-electron chi connectivity index (χ0n) is 12.3. The van der Waals surface area contributed by atoms with Crippen LogP contribution in [0.2, 0.25) is 0 Å². The molecule has 0 heterocycles. The lowest BCUT2D eigenvalue weighted by molar-refractivity contribution is -0.385. The molecule has 0 aliphatic carbocycles. The Kier molecular flexibility index (Phi) is 7.91. The predicted molar refractivity (Wildman–Crippen MR) is 84.6 cm³/mol. The van der Waals surface area contributed by atoms with E-state index in [4.69, 9.17) is 5.73 Å². The molecule has 1 aromatic rings. The summed E-state index contributed by atoms with van der Waals surface area (Å²) in [7, 11) is 0. The average Bonchev–Trinajstić information content (AvgIpc) is 2.45. The predicted octanol–water partition coefficient (Wildman–Crippen LogP) is 2.19. The number of nitro benzene ring substituents is 1. The zero-order chi connectivity index (χ0) is 15.2. The number of hydrogen-bond donors (Lipinski definition) is 2. The molecule has 0 bridgehead atoms. The van der Waals surface area contributed by atoms with Gasteiger partial charge in [-0.3, -0.25) is 14.9 Å². The van der Waals surface area contributed by atoms with Gasteiger partial charge < -0.3 is 11.1 Å². The highest BCUT2D eigenvalue weighted by Crippen LogP contribution is 2.18.